The molecule has 0 N–H and O–H groups in total. The summed E-state index contributed by atoms with van der Waals surface area (Å²) in [6, 6.07) is 9.84. The zero-order chi connectivity index (χ0) is 18.1. The molecule has 5 nitrogen and oxygen atoms in total. The standard InChI is InChI=1S/C20H25NO4S/c1-20(2)14-8-9-15(16(20)10-14)18-19-17(12-24-26(19,22)23)25-21(18)11-13-6-4-3-5-7-13/h3-7,9,14,16-19H,8,10-12H2,1-2H3/t14-,16-,17-,18-,19+/m1/s1. The summed E-state index contributed by atoms with van der Waals surface area (Å²) in [5.74, 6) is 1.15. The second-order valence-electron chi connectivity index (χ2n) is 8.64. The molecular formula is C20H25NO4S. The maximum absolute atomic E-state index is 12.6. The van der Waals surface area contributed by atoms with Gasteiger partial charge in [-0.1, -0.05) is 50.3 Å². The van der Waals surface area contributed by atoms with Crippen LogP contribution in [0, 0.1) is 17.3 Å². The lowest BCUT2D eigenvalue weighted by atomic mass is 9.48. The van der Waals surface area contributed by atoms with Crippen LogP contribution >= 0.6 is 0 Å². The van der Waals surface area contributed by atoms with Crippen LogP contribution in [0.3, 0.4) is 0 Å². The zero-order valence-electron chi connectivity index (χ0n) is 15.2. The summed E-state index contributed by atoms with van der Waals surface area (Å²) in [5.41, 5.74) is 2.61. The minimum Gasteiger partial charge on any atom is -0.291 e. The minimum absolute atomic E-state index is 0.124. The number of nitrogens with zero attached hydrogens (tertiary/aromatic N) is 1. The maximum Gasteiger partial charge on any atom is 0.275 e. The monoisotopic (exact) mass is 375 g/mol. The number of rotatable bonds is 3. The highest BCUT2D eigenvalue weighted by atomic mass is 32.2. The molecule has 3 aliphatic carbocycles. The zero-order valence-corrected chi connectivity index (χ0v) is 16.0. The molecule has 0 radical (unpaired) electrons. The Hall–Kier alpha value is -1.21. The van der Waals surface area contributed by atoms with Gasteiger partial charge in [-0.2, -0.15) is 13.5 Å². The van der Waals surface area contributed by atoms with Crippen molar-refractivity contribution in [2.24, 2.45) is 17.3 Å². The van der Waals surface area contributed by atoms with Gasteiger partial charge in [-0.15, -0.1) is 0 Å². The summed E-state index contributed by atoms with van der Waals surface area (Å²) in [6.07, 6.45) is 4.07. The van der Waals surface area contributed by atoms with Crippen molar-refractivity contribution in [1.29, 1.82) is 0 Å². The molecule has 26 heavy (non-hydrogen) atoms. The van der Waals surface area contributed by atoms with Crippen LogP contribution in [0.25, 0.3) is 0 Å². The van der Waals surface area contributed by atoms with Gasteiger partial charge in [-0.3, -0.25) is 9.02 Å². The van der Waals surface area contributed by atoms with Crippen LogP contribution in [0.5, 0.6) is 0 Å². The van der Waals surface area contributed by atoms with Crippen molar-refractivity contribution in [2.75, 3.05) is 6.61 Å². The molecule has 6 rings (SSSR count). The quantitative estimate of drug-likeness (QED) is 0.601. The van der Waals surface area contributed by atoms with Gasteiger partial charge in [0.25, 0.3) is 10.1 Å². The van der Waals surface area contributed by atoms with Crippen molar-refractivity contribution < 1.29 is 17.4 Å². The van der Waals surface area contributed by atoms with E-state index in [0.29, 0.717) is 18.4 Å². The molecule has 1 aromatic rings. The van der Waals surface area contributed by atoms with Gasteiger partial charge in [0.05, 0.1) is 12.6 Å². The summed E-state index contributed by atoms with van der Waals surface area (Å²) >= 11 is 0. The molecule has 2 bridgehead atoms. The first kappa shape index (κ1) is 16.9. The summed E-state index contributed by atoms with van der Waals surface area (Å²) in [4.78, 5) is 6.11. The lowest BCUT2D eigenvalue weighted by molar-refractivity contribution is -0.172. The minimum atomic E-state index is -3.60. The highest BCUT2D eigenvalue weighted by molar-refractivity contribution is 7.87. The van der Waals surface area contributed by atoms with Crippen LogP contribution in [0.15, 0.2) is 42.0 Å². The van der Waals surface area contributed by atoms with Gasteiger partial charge >= 0.3 is 0 Å². The lowest BCUT2D eigenvalue weighted by Gasteiger charge is -2.58. The Morgan fingerprint density at radius 3 is 2.69 bits per heavy atom. The van der Waals surface area contributed by atoms with Crippen LogP contribution in [0.1, 0.15) is 32.3 Å². The van der Waals surface area contributed by atoms with Gasteiger partial charge in [0.2, 0.25) is 0 Å². The number of fused-ring (bicyclic) bond motifs is 2. The van der Waals surface area contributed by atoms with E-state index >= 15 is 0 Å². The summed E-state index contributed by atoms with van der Waals surface area (Å²) in [7, 11) is -3.60. The second-order valence-corrected chi connectivity index (χ2v) is 10.4. The van der Waals surface area contributed by atoms with E-state index in [1.165, 1.54) is 5.57 Å². The van der Waals surface area contributed by atoms with Gasteiger partial charge in [-0.05, 0) is 41.2 Å². The summed E-state index contributed by atoms with van der Waals surface area (Å²) < 4.78 is 30.4. The molecule has 2 heterocycles. The van der Waals surface area contributed by atoms with Crippen molar-refractivity contribution >= 4 is 10.1 Å². The molecule has 0 amide bonds. The second kappa shape index (κ2) is 5.64. The highest BCUT2D eigenvalue weighted by Crippen LogP contribution is 2.61. The first-order valence-electron chi connectivity index (χ1n) is 9.43. The van der Waals surface area contributed by atoms with Crippen molar-refractivity contribution in [1.82, 2.24) is 5.06 Å². The summed E-state index contributed by atoms with van der Waals surface area (Å²) in [6.45, 7) is 5.33. The van der Waals surface area contributed by atoms with E-state index in [2.05, 4.69) is 32.1 Å². The Kier molecular flexibility index (Phi) is 3.67. The molecule has 1 aromatic carbocycles. The van der Waals surface area contributed by atoms with Gasteiger partial charge in [-0.25, -0.2) is 0 Å². The Bertz CT molecular complexity index is 848. The predicted octanol–water partition coefficient (Wildman–Crippen LogP) is 2.89. The van der Waals surface area contributed by atoms with E-state index in [4.69, 9.17) is 9.02 Å². The third-order valence-electron chi connectivity index (χ3n) is 7.02. The molecule has 0 unspecified atom stereocenters. The molecule has 140 valence electrons. The molecule has 1 saturated carbocycles. The molecule has 2 aliphatic heterocycles. The van der Waals surface area contributed by atoms with Crippen LogP contribution in [0.4, 0.5) is 0 Å². The van der Waals surface area contributed by atoms with Crippen LogP contribution in [0.2, 0.25) is 0 Å². The molecule has 3 fully saturated rings. The fraction of sp³-hybridized carbons (Fsp3) is 0.600. The van der Waals surface area contributed by atoms with E-state index in [1.54, 1.807) is 0 Å². The number of hydrogen-bond donors (Lipinski definition) is 0. The smallest absolute Gasteiger partial charge is 0.275 e. The Morgan fingerprint density at radius 1 is 1.23 bits per heavy atom. The highest BCUT2D eigenvalue weighted by Gasteiger charge is 2.61. The van der Waals surface area contributed by atoms with Gasteiger partial charge < -0.3 is 0 Å². The van der Waals surface area contributed by atoms with E-state index < -0.39 is 21.5 Å². The van der Waals surface area contributed by atoms with Crippen molar-refractivity contribution in [3.63, 3.8) is 0 Å². The van der Waals surface area contributed by atoms with Gasteiger partial charge in [0, 0.05) is 6.54 Å². The predicted molar refractivity (Wildman–Crippen MR) is 97.4 cm³/mol. The third kappa shape index (κ3) is 2.35. The molecular weight excluding hydrogens is 350 g/mol. The van der Waals surface area contributed by atoms with Gasteiger partial charge in [0.1, 0.15) is 11.4 Å². The van der Waals surface area contributed by atoms with E-state index in [9.17, 15) is 8.42 Å². The number of benzene rings is 1. The number of hydroxylamine groups is 2. The maximum atomic E-state index is 12.6. The molecule has 5 atom stereocenters. The number of allylic oxidation sites excluding steroid dienone is 1. The molecule has 5 aliphatic rings. The van der Waals surface area contributed by atoms with Crippen molar-refractivity contribution in [2.45, 2.75) is 50.6 Å². The van der Waals surface area contributed by atoms with Crippen molar-refractivity contribution in [3.05, 3.63) is 47.5 Å². The average molecular weight is 375 g/mol. The molecule has 0 spiro atoms. The number of hydrogen-bond acceptors (Lipinski definition) is 5. The van der Waals surface area contributed by atoms with E-state index in [1.807, 2.05) is 23.3 Å². The fourth-order valence-corrected chi connectivity index (χ4v) is 6.95. The van der Waals surface area contributed by atoms with E-state index in [-0.39, 0.29) is 18.1 Å². The normalized spacial score (nSPS) is 39.9. The molecule has 0 aromatic heterocycles. The average Bonchev–Trinajstić information content (AvgIpc) is 3.13. The van der Waals surface area contributed by atoms with Crippen LogP contribution < -0.4 is 0 Å². The lowest BCUT2D eigenvalue weighted by Crippen LogP contribution is -2.53. The van der Waals surface area contributed by atoms with Gasteiger partial charge in [0.15, 0.2) is 0 Å². The van der Waals surface area contributed by atoms with Crippen LogP contribution in [-0.2, 0) is 25.7 Å². The topological polar surface area (TPSA) is 55.8 Å². The first-order valence-corrected chi connectivity index (χ1v) is 10.9. The SMILES string of the molecule is CC1(C)[C@@H]2CC=C([C@@H]3[C@@H]4[C@@H](COS4(=O)=O)ON3Cc3ccccc3)[C@H]1C2. The Morgan fingerprint density at radius 2 is 2.00 bits per heavy atom. The molecule has 2 saturated heterocycles. The molecule has 6 heteroatoms. The Labute approximate surface area is 155 Å². The summed E-state index contributed by atoms with van der Waals surface area (Å²) in [5, 5.41) is 1.29. The van der Waals surface area contributed by atoms with E-state index in [0.717, 1.165) is 18.4 Å². The largest absolute Gasteiger partial charge is 0.291 e. The first-order chi connectivity index (χ1) is 12.4. The fourth-order valence-electron chi connectivity index (χ4n) is 5.36. The van der Waals surface area contributed by atoms with Crippen molar-refractivity contribution in [3.8, 4) is 0 Å². The van der Waals surface area contributed by atoms with Crippen LogP contribution in [-0.4, -0.2) is 37.5 Å². The Balaban J connectivity index is 1.52. The third-order valence-corrected chi connectivity index (χ3v) is 8.71.